The van der Waals surface area contributed by atoms with Crippen LogP contribution in [-0.4, -0.2) is 37.2 Å². The zero-order chi connectivity index (χ0) is 14.1. The van der Waals surface area contributed by atoms with Gasteiger partial charge in [0.1, 0.15) is 5.75 Å². The molecule has 1 aromatic rings. The Morgan fingerprint density at radius 1 is 1.40 bits per heavy atom. The molecule has 2 fully saturated rings. The second-order valence-corrected chi connectivity index (χ2v) is 6.46. The number of halogens is 1. The summed E-state index contributed by atoms with van der Waals surface area (Å²) in [5, 5.41) is 4.49. The molecule has 0 aromatic heterocycles. The maximum Gasteiger partial charge on any atom is 0.124 e. The molecule has 3 nitrogen and oxygen atoms in total. The third-order valence-electron chi connectivity index (χ3n) is 4.58. The maximum atomic E-state index is 6.36. The van der Waals surface area contributed by atoms with E-state index in [1.54, 1.807) is 7.11 Å². The summed E-state index contributed by atoms with van der Waals surface area (Å²) in [7, 11) is 1.71. The summed E-state index contributed by atoms with van der Waals surface area (Å²) in [6.07, 6.45) is 2.77. The van der Waals surface area contributed by atoms with Gasteiger partial charge in [0.05, 0.1) is 7.11 Å². The third-order valence-corrected chi connectivity index (χ3v) is 4.93. The largest absolute Gasteiger partial charge is 0.496 e. The molecule has 110 valence electrons. The van der Waals surface area contributed by atoms with E-state index in [4.69, 9.17) is 16.3 Å². The molecule has 20 heavy (non-hydrogen) atoms. The fourth-order valence-electron chi connectivity index (χ4n) is 3.07. The predicted octanol–water partition coefficient (Wildman–Crippen LogP) is 2.92. The van der Waals surface area contributed by atoms with Gasteiger partial charge in [0.15, 0.2) is 0 Å². The van der Waals surface area contributed by atoms with Crippen LogP contribution in [0.4, 0.5) is 0 Å². The number of nitrogens with zero attached hydrogens (tertiary/aromatic N) is 1. The van der Waals surface area contributed by atoms with Crippen LogP contribution >= 0.6 is 11.6 Å². The van der Waals surface area contributed by atoms with Gasteiger partial charge in [-0.05, 0) is 37.8 Å². The number of nitrogens with one attached hydrogen (secondary N) is 1. The van der Waals surface area contributed by atoms with Crippen LogP contribution in [0.5, 0.6) is 5.75 Å². The SMILES string of the molecule is COc1cccc(Cl)c1CN1CC(C2CC2)NCC1C. The summed E-state index contributed by atoms with van der Waals surface area (Å²) in [6, 6.07) is 7.07. The fourth-order valence-corrected chi connectivity index (χ4v) is 3.30. The monoisotopic (exact) mass is 294 g/mol. The molecule has 2 unspecified atom stereocenters. The number of ether oxygens (including phenoxy) is 1. The lowest BCUT2D eigenvalue weighted by atomic mass is 10.0. The Kier molecular flexibility index (Phi) is 4.20. The summed E-state index contributed by atoms with van der Waals surface area (Å²) in [5.41, 5.74) is 1.11. The summed E-state index contributed by atoms with van der Waals surface area (Å²) >= 11 is 6.36. The highest BCUT2D eigenvalue weighted by Gasteiger charge is 2.36. The minimum Gasteiger partial charge on any atom is -0.496 e. The summed E-state index contributed by atoms with van der Waals surface area (Å²) in [4.78, 5) is 2.53. The van der Waals surface area contributed by atoms with E-state index in [9.17, 15) is 0 Å². The summed E-state index contributed by atoms with van der Waals surface area (Å²) in [5.74, 6) is 1.78. The highest BCUT2D eigenvalue weighted by atomic mass is 35.5. The zero-order valence-corrected chi connectivity index (χ0v) is 13.0. The molecule has 4 heteroatoms. The molecule has 1 saturated heterocycles. The van der Waals surface area contributed by atoms with Gasteiger partial charge in [0.25, 0.3) is 0 Å². The minimum atomic E-state index is 0.533. The molecular weight excluding hydrogens is 272 g/mol. The molecule has 0 radical (unpaired) electrons. The smallest absolute Gasteiger partial charge is 0.124 e. The topological polar surface area (TPSA) is 24.5 Å². The lowest BCUT2D eigenvalue weighted by Crippen LogP contribution is -2.55. The van der Waals surface area contributed by atoms with Crippen molar-refractivity contribution in [2.45, 2.75) is 38.4 Å². The third kappa shape index (κ3) is 2.95. The summed E-state index contributed by atoms with van der Waals surface area (Å²) in [6.45, 7) is 5.32. The highest BCUT2D eigenvalue weighted by Crippen LogP contribution is 2.35. The standard InChI is InChI=1S/C16H23ClN2O/c1-11-8-18-15(12-6-7-12)10-19(11)9-13-14(17)4-3-5-16(13)20-2/h3-5,11-12,15,18H,6-10H2,1-2H3. The van der Waals surface area contributed by atoms with Gasteiger partial charge in [-0.3, -0.25) is 4.90 Å². The average Bonchev–Trinajstić information content (AvgIpc) is 3.27. The first-order chi connectivity index (χ1) is 9.69. The minimum absolute atomic E-state index is 0.533. The lowest BCUT2D eigenvalue weighted by molar-refractivity contribution is 0.124. The Hall–Kier alpha value is -0.770. The van der Waals surface area contributed by atoms with Crippen LogP contribution in [0.2, 0.25) is 5.02 Å². The number of hydrogen-bond acceptors (Lipinski definition) is 3. The molecule has 2 atom stereocenters. The van der Waals surface area contributed by atoms with Gasteiger partial charge in [0.2, 0.25) is 0 Å². The van der Waals surface area contributed by atoms with Gasteiger partial charge in [-0.25, -0.2) is 0 Å². The molecule has 0 spiro atoms. The van der Waals surface area contributed by atoms with Crippen LogP contribution in [0, 0.1) is 5.92 Å². The second kappa shape index (κ2) is 5.92. The second-order valence-electron chi connectivity index (χ2n) is 6.05. The fraction of sp³-hybridized carbons (Fsp3) is 0.625. The molecule has 1 N–H and O–H groups in total. The number of hydrogen-bond donors (Lipinski definition) is 1. The Bertz CT molecular complexity index is 476. The van der Waals surface area contributed by atoms with Crippen molar-refractivity contribution < 1.29 is 4.74 Å². The number of benzene rings is 1. The summed E-state index contributed by atoms with van der Waals surface area (Å²) < 4.78 is 5.46. The Balaban J connectivity index is 1.75. The van der Waals surface area contributed by atoms with Crippen molar-refractivity contribution in [1.82, 2.24) is 10.2 Å². The molecule has 3 rings (SSSR count). The highest BCUT2D eigenvalue weighted by molar-refractivity contribution is 6.31. The molecule has 0 bridgehead atoms. The van der Waals surface area contributed by atoms with Gasteiger partial charge < -0.3 is 10.1 Å². The van der Waals surface area contributed by atoms with Crippen LogP contribution in [0.15, 0.2) is 18.2 Å². The van der Waals surface area contributed by atoms with Gasteiger partial charge in [-0.1, -0.05) is 17.7 Å². The first kappa shape index (κ1) is 14.2. The van der Waals surface area contributed by atoms with Crippen LogP contribution in [-0.2, 0) is 6.54 Å². The van der Waals surface area contributed by atoms with Crippen LogP contribution in [0.1, 0.15) is 25.3 Å². The number of piperazine rings is 1. The van der Waals surface area contributed by atoms with E-state index in [0.717, 1.165) is 41.9 Å². The predicted molar refractivity (Wildman–Crippen MR) is 82.4 cm³/mol. The molecule has 1 aliphatic heterocycles. The molecule has 1 heterocycles. The molecule has 1 saturated carbocycles. The van der Waals surface area contributed by atoms with Crippen molar-refractivity contribution >= 4 is 11.6 Å². The lowest BCUT2D eigenvalue weighted by Gasteiger charge is -2.39. The van der Waals surface area contributed by atoms with E-state index in [2.05, 4.69) is 17.1 Å². The Morgan fingerprint density at radius 3 is 2.90 bits per heavy atom. The van der Waals surface area contributed by atoms with Crippen LogP contribution in [0.3, 0.4) is 0 Å². The molecular formula is C16H23ClN2O. The average molecular weight is 295 g/mol. The first-order valence-corrected chi connectivity index (χ1v) is 7.85. The van der Waals surface area contributed by atoms with Crippen LogP contribution in [0.25, 0.3) is 0 Å². The number of methoxy groups -OCH3 is 1. The zero-order valence-electron chi connectivity index (χ0n) is 12.2. The Labute approximate surface area is 126 Å². The molecule has 2 aliphatic rings. The van der Waals surface area contributed by atoms with Crippen molar-refractivity contribution in [3.63, 3.8) is 0 Å². The number of rotatable bonds is 4. The quantitative estimate of drug-likeness (QED) is 0.924. The van der Waals surface area contributed by atoms with Crippen molar-refractivity contribution in [3.8, 4) is 5.75 Å². The van der Waals surface area contributed by atoms with Gasteiger partial charge in [-0.15, -0.1) is 0 Å². The van der Waals surface area contributed by atoms with Crippen molar-refractivity contribution in [2.24, 2.45) is 5.92 Å². The Morgan fingerprint density at radius 2 is 2.20 bits per heavy atom. The molecule has 0 amide bonds. The van der Waals surface area contributed by atoms with Gasteiger partial charge >= 0.3 is 0 Å². The molecule has 1 aromatic carbocycles. The van der Waals surface area contributed by atoms with Gasteiger partial charge in [-0.2, -0.15) is 0 Å². The van der Waals surface area contributed by atoms with Gasteiger partial charge in [0, 0.05) is 42.3 Å². The van der Waals surface area contributed by atoms with Crippen molar-refractivity contribution in [3.05, 3.63) is 28.8 Å². The van der Waals surface area contributed by atoms with E-state index in [0.29, 0.717) is 12.1 Å². The van der Waals surface area contributed by atoms with Crippen LogP contribution < -0.4 is 10.1 Å². The van der Waals surface area contributed by atoms with E-state index in [-0.39, 0.29) is 0 Å². The normalized spacial score (nSPS) is 27.6. The van der Waals surface area contributed by atoms with E-state index in [1.807, 2.05) is 18.2 Å². The first-order valence-electron chi connectivity index (χ1n) is 7.48. The van der Waals surface area contributed by atoms with Crippen molar-refractivity contribution in [1.29, 1.82) is 0 Å². The van der Waals surface area contributed by atoms with E-state index >= 15 is 0 Å². The van der Waals surface area contributed by atoms with E-state index < -0.39 is 0 Å². The molecule has 1 aliphatic carbocycles. The van der Waals surface area contributed by atoms with E-state index in [1.165, 1.54) is 12.8 Å². The van der Waals surface area contributed by atoms with Crippen molar-refractivity contribution in [2.75, 3.05) is 20.2 Å². The maximum absolute atomic E-state index is 6.36.